The Labute approximate surface area is 158 Å². The van der Waals surface area contributed by atoms with Crippen LogP contribution in [0.2, 0.25) is 0 Å². The van der Waals surface area contributed by atoms with Gasteiger partial charge in [-0.25, -0.2) is 9.97 Å². The number of nitrogens with one attached hydrogen (secondary N) is 1. The number of aromatic nitrogens is 2. The Kier molecular flexibility index (Phi) is 6.20. The van der Waals surface area contributed by atoms with Crippen LogP contribution in [-0.4, -0.2) is 22.5 Å². The first-order chi connectivity index (χ1) is 13.2. The summed E-state index contributed by atoms with van der Waals surface area (Å²) in [5, 5.41) is 2.87. The van der Waals surface area contributed by atoms with E-state index < -0.39 is 0 Å². The molecule has 6 heteroatoms. The van der Waals surface area contributed by atoms with Crippen molar-refractivity contribution in [3.05, 3.63) is 65.7 Å². The Hall–Kier alpha value is -3.15. The maximum atomic E-state index is 12.6. The van der Waals surface area contributed by atoms with Crippen LogP contribution in [-0.2, 0) is 6.54 Å². The van der Waals surface area contributed by atoms with E-state index in [0.29, 0.717) is 30.7 Å². The van der Waals surface area contributed by atoms with Crippen LogP contribution < -0.4 is 10.1 Å². The van der Waals surface area contributed by atoms with Crippen LogP contribution in [0.4, 0.5) is 0 Å². The fraction of sp³-hybridized carbons (Fsp3) is 0.286. The molecule has 6 nitrogen and oxygen atoms in total. The van der Waals surface area contributed by atoms with Crippen LogP contribution in [0.3, 0.4) is 0 Å². The third-order valence-electron chi connectivity index (χ3n) is 4.06. The Morgan fingerprint density at radius 3 is 2.78 bits per heavy atom. The van der Waals surface area contributed by atoms with Crippen molar-refractivity contribution in [3.8, 4) is 17.3 Å². The number of nitrogens with zero attached hydrogens (tertiary/aromatic N) is 2. The molecule has 0 aliphatic heterocycles. The molecule has 1 amide bonds. The van der Waals surface area contributed by atoms with Gasteiger partial charge in [-0.05, 0) is 31.5 Å². The molecule has 0 unspecified atom stereocenters. The number of ether oxygens (including phenoxy) is 1. The molecule has 2 aromatic heterocycles. The van der Waals surface area contributed by atoms with Crippen LogP contribution in [0.15, 0.2) is 53.1 Å². The maximum absolute atomic E-state index is 12.6. The number of oxazole rings is 1. The zero-order chi connectivity index (χ0) is 19.1. The minimum Gasteiger partial charge on any atom is -0.477 e. The van der Waals surface area contributed by atoms with Gasteiger partial charge in [0.1, 0.15) is 5.76 Å². The van der Waals surface area contributed by atoms with E-state index in [1.54, 1.807) is 13.1 Å². The maximum Gasteiger partial charge on any atom is 0.273 e. The predicted octanol–water partition coefficient (Wildman–Crippen LogP) is 4.15. The first kappa shape index (κ1) is 18.6. The van der Waals surface area contributed by atoms with E-state index in [1.807, 2.05) is 42.5 Å². The van der Waals surface area contributed by atoms with Gasteiger partial charge in [-0.1, -0.05) is 37.6 Å². The predicted molar refractivity (Wildman–Crippen MR) is 102 cm³/mol. The van der Waals surface area contributed by atoms with Crippen LogP contribution in [0.1, 0.15) is 41.6 Å². The van der Waals surface area contributed by atoms with Crippen LogP contribution >= 0.6 is 0 Å². The van der Waals surface area contributed by atoms with Crippen molar-refractivity contribution in [2.45, 2.75) is 33.2 Å². The number of amides is 1. The molecule has 27 heavy (non-hydrogen) atoms. The van der Waals surface area contributed by atoms with Gasteiger partial charge in [-0.3, -0.25) is 4.79 Å². The van der Waals surface area contributed by atoms with E-state index in [2.05, 4.69) is 22.2 Å². The van der Waals surface area contributed by atoms with Crippen molar-refractivity contribution >= 4 is 5.91 Å². The number of hydrogen-bond donors (Lipinski definition) is 1. The standard InChI is InChI=1S/C21H23N3O3/c1-3-4-13-26-20-17(11-8-12-22-20)14-23-19(25)18-15(2)27-21(24-18)16-9-6-5-7-10-16/h5-12H,3-4,13-14H2,1-2H3,(H,23,25). The van der Waals surface area contributed by atoms with E-state index in [9.17, 15) is 4.79 Å². The Morgan fingerprint density at radius 1 is 1.19 bits per heavy atom. The lowest BCUT2D eigenvalue weighted by atomic mass is 10.2. The fourth-order valence-electron chi connectivity index (χ4n) is 2.57. The Bertz CT molecular complexity index is 891. The SMILES string of the molecule is CCCCOc1ncccc1CNC(=O)c1nc(-c2ccccc2)oc1C. The lowest BCUT2D eigenvalue weighted by molar-refractivity contribution is 0.0944. The molecule has 0 saturated heterocycles. The lowest BCUT2D eigenvalue weighted by Crippen LogP contribution is -2.24. The van der Waals surface area contributed by atoms with Crippen molar-refractivity contribution in [2.24, 2.45) is 0 Å². The van der Waals surface area contributed by atoms with Crippen LogP contribution in [0.25, 0.3) is 11.5 Å². The molecular weight excluding hydrogens is 342 g/mol. The molecule has 1 N–H and O–H groups in total. The number of rotatable bonds is 8. The Morgan fingerprint density at radius 2 is 2.00 bits per heavy atom. The molecule has 3 aromatic rings. The third kappa shape index (κ3) is 4.73. The van der Waals surface area contributed by atoms with Crippen LogP contribution in [0.5, 0.6) is 5.88 Å². The van der Waals surface area contributed by atoms with E-state index in [0.717, 1.165) is 24.0 Å². The number of hydrogen-bond acceptors (Lipinski definition) is 5. The quantitative estimate of drug-likeness (QED) is 0.607. The highest BCUT2D eigenvalue weighted by Gasteiger charge is 2.18. The summed E-state index contributed by atoms with van der Waals surface area (Å²) in [6.07, 6.45) is 3.69. The monoisotopic (exact) mass is 365 g/mol. The number of unbranched alkanes of at least 4 members (excludes halogenated alkanes) is 1. The average molecular weight is 365 g/mol. The molecule has 2 heterocycles. The number of pyridine rings is 1. The van der Waals surface area contributed by atoms with Gasteiger partial charge >= 0.3 is 0 Å². The van der Waals surface area contributed by atoms with Gasteiger partial charge in [-0.2, -0.15) is 0 Å². The van der Waals surface area contributed by atoms with Gasteiger partial charge in [0.05, 0.1) is 6.61 Å². The highest BCUT2D eigenvalue weighted by Crippen LogP contribution is 2.21. The largest absolute Gasteiger partial charge is 0.477 e. The summed E-state index contributed by atoms with van der Waals surface area (Å²) in [6.45, 7) is 4.75. The molecule has 0 aliphatic carbocycles. The van der Waals surface area contributed by atoms with Crippen molar-refractivity contribution in [1.82, 2.24) is 15.3 Å². The van der Waals surface area contributed by atoms with E-state index in [1.165, 1.54) is 0 Å². The zero-order valence-corrected chi connectivity index (χ0v) is 15.6. The number of aryl methyl sites for hydroxylation is 1. The van der Waals surface area contributed by atoms with Crippen molar-refractivity contribution in [2.75, 3.05) is 6.61 Å². The molecule has 0 radical (unpaired) electrons. The van der Waals surface area contributed by atoms with Crippen molar-refractivity contribution in [3.63, 3.8) is 0 Å². The number of benzene rings is 1. The fourth-order valence-corrected chi connectivity index (χ4v) is 2.57. The molecular formula is C21H23N3O3. The third-order valence-corrected chi connectivity index (χ3v) is 4.06. The van der Waals surface area contributed by atoms with Gasteiger partial charge in [0.15, 0.2) is 5.69 Å². The summed E-state index contributed by atoms with van der Waals surface area (Å²) in [4.78, 5) is 21.2. The average Bonchev–Trinajstić information content (AvgIpc) is 3.10. The van der Waals surface area contributed by atoms with Gasteiger partial charge < -0.3 is 14.5 Å². The summed E-state index contributed by atoms with van der Waals surface area (Å²) in [7, 11) is 0. The molecule has 0 bridgehead atoms. The van der Waals surface area contributed by atoms with Crippen molar-refractivity contribution < 1.29 is 13.9 Å². The Balaban J connectivity index is 1.68. The highest BCUT2D eigenvalue weighted by molar-refractivity contribution is 5.93. The molecule has 0 saturated carbocycles. The summed E-state index contributed by atoms with van der Waals surface area (Å²) >= 11 is 0. The topological polar surface area (TPSA) is 77.2 Å². The summed E-state index contributed by atoms with van der Waals surface area (Å²) in [5.74, 6) is 1.18. The van der Waals surface area contributed by atoms with Gasteiger partial charge in [0.2, 0.25) is 11.8 Å². The summed E-state index contributed by atoms with van der Waals surface area (Å²) in [6, 6.07) is 13.2. The molecule has 140 valence electrons. The first-order valence-electron chi connectivity index (χ1n) is 9.06. The molecule has 0 fully saturated rings. The highest BCUT2D eigenvalue weighted by atomic mass is 16.5. The van der Waals surface area contributed by atoms with Crippen LogP contribution in [0, 0.1) is 6.92 Å². The second kappa shape index (κ2) is 8.98. The van der Waals surface area contributed by atoms with Gasteiger partial charge in [0, 0.05) is 23.9 Å². The minimum atomic E-state index is -0.290. The van der Waals surface area contributed by atoms with Gasteiger partial charge in [-0.15, -0.1) is 0 Å². The van der Waals surface area contributed by atoms with E-state index in [-0.39, 0.29) is 11.6 Å². The normalized spacial score (nSPS) is 10.6. The smallest absolute Gasteiger partial charge is 0.273 e. The minimum absolute atomic E-state index is 0.284. The van der Waals surface area contributed by atoms with E-state index in [4.69, 9.17) is 9.15 Å². The molecule has 1 aromatic carbocycles. The van der Waals surface area contributed by atoms with Crippen molar-refractivity contribution in [1.29, 1.82) is 0 Å². The molecule has 0 aliphatic rings. The summed E-state index contributed by atoms with van der Waals surface area (Å²) in [5.41, 5.74) is 1.94. The molecule has 0 atom stereocenters. The lowest BCUT2D eigenvalue weighted by Gasteiger charge is -2.10. The molecule has 0 spiro atoms. The second-order valence-electron chi connectivity index (χ2n) is 6.14. The number of carbonyl (C=O) groups is 1. The summed E-state index contributed by atoms with van der Waals surface area (Å²) < 4.78 is 11.4. The first-order valence-corrected chi connectivity index (χ1v) is 9.06. The van der Waals surface area contributed by atoms with Gasteiger partial charge in [0.25, 0.3) is 5.91 Å². The number of carbonyl (C=O) groups excluding carboxylic acids is 1. The zero-order valence-electron chi connectivity index (χ0n) is 15.6. The molecule has 3 rings (SSSR count). The second-order valence-corrected chi connectivity index (χ2v) is 6.14. The van der Waals surface area contributed by atoms with E-state index >= 15 is 0 Å².